The van der Waals surface area contributed by atoms with Crippen LogP contribution < -0.4 is 5.56 Å². The number of hydrogen-bond acceptors (Lipinski definition) is 5. The van der Waals surface area contributed by atoms with Crippen LogP contribution in [0.4, 0.5) is 0 Å². The summed E-state index contributed by atoms with van der Waals surface area (Å²) >= 11 is 3.18. The lowest BCUT2D eigenvalue weighted by Crippen LogP contribution is -2.11. The third-order valence-electron chi connectivity index (χ3n) is 3.10. The van der Waals surface area contributed by atoms with Crippen LogP contribution in [0.2, 0.25) is 0 Å². The molecule has 4 nitrogen and oxygen atoms in total. The molecule has 3 aromatic rings. The number of aromatic nitrogens is 3. The number of hydrogen-bond donors (Lipinski definition) is 1. The molecule has 1 N–H and O–H groups in total. The molecule has 0 spiro atoms. The van der Waals surface area contributed by atoms with E-state index in [9.17, 15) is 4.79 Å². The first-order valence-corrected chi connectivity index (χ1v) is 7.64. The van der Waals surface area contributed by atoms with Gasteiger partial charge >= 0.3 is 0 Å². The van der Waals surface area contributed by atoms with E-state index in [-0.39, 0.29) is 5.56 Å². The number of thiophene rings is 1. The van der Waals surface area contributed by atoms with Gasteiger partial charge in [-0.3, -0.25) is 4.79 Å². The van der Waals surface area contributed by atoms with Crippen molar-refractivity contribution in [3.63, 3.8) is 0 Å². The normalized spacial score (nSPS) is 11.3. The number of aromatic amines is 1. The molecule has 0 bridgehead atoms. The van der Waals surface area contributed by atoms with Crippen molar-refractivity contribution in [1.29, 1.82) is 0 Å². The first-order chi connectivity index (χ1) is 9.04. The van der Waals surface area contributed by atoms with Crippen molar-refractivity contribution in [3.05, 3.63) is 42.7 Å². The van der Waals surface area contributed by atoms with E-state index in [0.717, 1.165) is 31.4 Å². The van der Waals surface area contributed by atoms with Crippen molar-refractivity contribution in [2.75, 3.05) is 0 Å². The van der Waals surface area contributed by atoms with Crippen LogP contribution in [-0.4, -0.2) is 15.0 Å². The molecule has 0 saturated carbocycles. The molecular weight excluding hydrogens is 278 g/mol. The molecule has 0 aromatic carbocycles. The number of fused-ring (bicyclic) bond motifs is 1. The molecule has 0 aliphatic carbocycles. The minimum Gasteiger partial charge on any atom is -0.310 e. The van der Waals surface area contributed by atoms with Gasteiger partial charge in [0, 0.05) is 16.7 Å². The molecule has 3 heterocycles. The van der Waals surface area contributed by atoms with E-state index in [2.05, 4.69) is 15.0 Å². The summed E-state index contributed by atoms with van der Waals surface area (Å²) in [6.45, 7) is 5.96. The Morgan fingerprint density at radius 1 is 1.26 bits per heavy atom. The number of H-pyrrole nitrogens is 1. The molecule has 0 atom stereocenters. The zero-order valence-electron chi connectivity index (χ0n) is 10.9. The topological polar surface area (TPSA) is 58.6 Å². The lowest BCUT2D eigenvalue weighted by atomic mass is 10.2. The Bertz CT molecular complexity index is 813. The van der Waals surface area contributed by atoms with Crippen LogP contribution in [0.5, 0.6) is 0 Å². The van der Waals surface area contributed by atoms with Crippen LogP contribution in [0.1, 0.15) is 27.0 Å². The average molecular weight is 291 g/mol. The zero-order chi connectivity index (χ0) is 13.6. The fourth-order valence-electron chi connectivity index (χ4n) is 2.04. The van der Waals surface area contributed by atoms with Gasteiger partial charge in [0.15, 0.2) is 0 Å². The Morgan fingerprint density at radius 2 is 2.05 bits per heavy atom. The number of thiazole rings is 1. The SMILES string of the molecule is Cc1nc(Cc2nc3sc(C)c(C)c3c(=O)[nH]2)cs1. The van der Waals surface area contributed by atoms with Crippen LogP contribution in [0.3, 0.4) is 0 Å². The van der Waals surface area contributed by atoms with Crippen LogP contribution >= 0.6 is 22.7 Å². The maximum absolute atomic E-state index is 12.1. The molecule has 19 heavy (non-hydrogen) atoms. The van der Waals surface area contributed by atoms with Crippen molar-refractivity contribution in [1.82, 2.24) is 15.0 Å². The van der Waals surface area contributed by atoms with E-state index in [1.54, 1.807) is 22.7 Å². The second-order valence-corrected chi connectivity index (χ2v) is 6.78. The van der Waals surface area contributed by atoms with E-state index >= 15 is 0 Å². The van der Waals surface area contributed by atoms with E-state index in [1.807, 2.05) is 26.2 Å². The van der Waals surface area contributed by atoms with Crippen molar-refractivity contribution < 1.29 is 0 Å². The first-order valence-electron chi connectivity index (χ1n) is 5.94. The van der Waals surface area contributed by atoms with Crippen LogP contribution in [0.15, 0.2) is 10.2 Å². The summed E-state index contributed by atoms with van der Waals surface area (Å²) in [6, 6.07) is 0. The van der Waals surface area contributed by atoms with Gasteiger partial charge in [-0.05, 0) is 26.3 Å². The third-order valence-corrected chi connectivity index (χ3v) is 5.03. The summed E-state index contributed by atoms with van der Waals surface area (Å²) in [5, 5.41) is 3.76. The van der Waals surface area contributed by atoms with Gasteiger partial charge in [0.2, 0.25) is 0 Å². The van der Waals surface area contributed by atoms with Gasteiger partial charge in [-0.25, -0.2) is 9.97 Å². The Hall–Kier alpha value is -1.53. The maximum Gasteiger partial charge on any atom is 0.259 e. The van der Waals surface area contributed by atoms with E-state index in [0.29, 0.717) is 12.2 Å². The monoisotopic (exact) mass is 291 g/mol. The summed E-state index contributed by atoms with van der Waals surface area (Å²) in [5.74, 6) is 0.684. The average Bonchev–Trinajstić information content (AvgIpc) is 2.85. The summed E-state index contributed by atoms with van der Waals surface area (Å²) in [4.78, 5) is 25.9. The number of nitrogens with one attached hydrogen (secondary N) is 1. The Kier molecular flexibility index (Phi) is 2.99. The van der Waals surface area contributed by atoms with E-state index in [4.69, 9.17) is 0 Å². The minimum absolute atomic E-state index is 0.0474. The van der Waals surface area contributed by atoms with Gasteiger partial charge in [-0.2, -0.15) is 0 Å². The molecule has 0 radical (unpaired) electrons. The summed E-state index contributed by atoms with van der Waals surface area (Å²) in [6.07, 6.45) is 0.575. The molecule has 0 fully saturated rings. The molecule has 0 unspecified atom stereocenters. The largest absolute Gasteiger partial charge is 0.310 e. The van der Waals surface area contributed by atoms with Gasteiger partial charge in [0.05, 0.1) is 16.1 Å². The van der Waals surface area contributed by atoms with Gasteiger partial charge in [-0.1, -0.05) is 0 Å². The van der Waals surface area contributed by atoms with Crippen LogP contribution in [0, 0.1) is 20.8 Å². The highest BCUT2D eigenvalue weighted by Gasteiger charge is 2.12. The predicted octanol–water partition coefficient (Wildman–Crippen LogP) is 2.96. The summed E-state index contributed by atoms with van der Waals surface area (Å²) in [7, 11) is 0. The third kappa shape index (κ3) is 2.21. The molecule has 0 saturated heterocycles. The molecule has 6 heteroatoms. The smallest absolute Gasteiger partial charge is 0.259 e. The first kappa shape index (κ1) is 12.5. The lowest BCUT2D eigenvalue weighted by Gasteiger charge is -1.98. The number of rotatable bonds is 2. The second-order valence-electron chi connectivity index (χ2n) is 4.51. The second kappa shape index (κ2) is 4.54. The highest BCUT2D eigenvalue weighted by molar-refractivity contribution is 7.18. The van der Waals surface area contributed by atoms with Gasteiger partial charge < -0.3 is 4.98 Å². The molecule has 0 amide bonds. The minimum atomic E-state index is -0.0474. The van der Waals surface area contributed by atoms with Gasteiger partial charge in [0.1, 0.15) is 10.7 Å². The highest BCUT2D eigenvalue weighted by Crippen LogP contribution is 2.25. The van der Waals surface area contributed by atoms with Crippen molar-refractivity contribution in [2.24, 2.45) is 0 Å². The van der Waals surface area contributed by atoms with E-state index < -0.39 is 0 Å². The summed E-state index contributed by atoms with van der Waals surface area (Å²) in [5.41, 5.74) is 1.94. The quantitative estimate of drug-likeness (QED) is 0.789. The zero-order valence-corrected chi connectivity index (χ0v) is 12.5. The predicted molar refractivity (Wildman–Crippen MR) is 79.4 cm³/mol. The standard InChI is InChI=1S/C13H13N3OS2/c1-6-7(2)19-13-11(6)12(17)15-10(16-13)4-9-5-18-8(3)14-9/h5H,4H2,1-3H3,(H,15,16,17). The molecular formula is C13H13N3OS2. The number of nitrogens with zero attached hydrogens (tertiary/aromatic N) is 2. The molecule has 3 rings (SSSR count). The Morgan fingerprint density at radius 3 is 2.74 bits per heavy atom. The molecule has 98 valence electrons. The lowest BCUT2D eigenvalue weighted by molar-refractivity contribution is 0.947. The van der Waals surface area contributed by atoms with Crippen molar-refractivity contribution in [3.8, 4) is 0 Å². The van der Waals surface area contributed by atoms with Crippen LogP contribution in [-0.2, 0) is 6.42 Å². The van der Waals surface area contributed by atoms with E-state index in [1.165, 1.54) is 0 Å². The maximum atomic E-state index is 12.1. The molecule has 0 aliphatic heterocycles. The summed E-state index contributed by atoms with van der Waals surface area (Å²) < 4.78 is 0. The Balaban J connectivity index is 2.08. The fourth-order valence-corrected chi connectivity index (χ4v) is 3.71. The number of aryl methyl sites for hydroxylation is 3. The highest BCUT2D eigenvalue weighted by atomic mass is 32.1. The fraction of sp³-hybridized carbons (Fsp3) is 0.308. The molecule has 0 aliphatic rings. The van der Waals surface area contributed by atoms with Crippen molar-refractivity contribution in [2.45, 2.75) is 27.2 Å². The van der Waals surface area contributed by atoms with Crippen LogP contribution in [0.25, 0.3) is 10.2 Å². The van der Waals surface area contributed by atoms with Gasteiger partial charge in [-0.15, -0.1) is 22.7 Å². The van der Waals surface area contributed by atoms with Gasteiger partial charge in [0.25, 0.3) is 5.56 Å². The van der Waals surface area contributed by atoms with Crippen molar-refractivity contribution >= 4 is 32.9 Å². The molecule has 3 aromatic heterocycles. The Labute approximate surface area is 118 Å².